The molecule has 10 nitrogen and oxygen atoms in total. The summed E-state index contributed by atoms with van der Waals surface area (Å²) in [6.07, 6.45) is 5.57. The number of aliphatic carboxylic acids is 2. The van der Waals surface area contributed by atoms with Gasteiger partial charge in [-0.05, 0) is 55.9 Å². The lowest BCUT2D eigenvalue weighted by atomic mass is 9.46. The van der Waals surface area contributed by atoms with Crippen molar-refractivity contribution in [3.8, 4) is 0 Å². The van der Waals surface area contributed by atoms with Gasteiger partial charge in [0.1, 0.15) is 19.3 Å². The van der Waals surface area contributed by atoms with Crippen molar-refractivity contribution in [2.45, 2.75) is 71.3 Å². The molecule has 0 aromatic heterocycles. The summed E-state index contributed by atoms with van der Waals surface area (Å²) in [5.74, 6) is -4.71. The van der Waals surface area contributed by atoms with Crippen LogP contribution in [0.25, 0.3) is 0 Å². The molecular weight excluding hydrogens is 496 g/mol. The zero-order valence-electron chi connectivity index (χ0n) is 21.8. The highest BCUT2D eigenvalue weighted by molar-refractivity contribution is 5.93. The Bertz CT molecular complexity index is 1060. The lowest BCUT2D eigenvalue weighted by Gasteiger charge is -2.60. The van der Waals surface area contributed by atoms with Gasteiger partial charge in [0, 0.05) is 23.3 Å². The molecule has 1 aliphatic heterocycles. The molecule has 2 fully saturated rings. The van der Waals surface area contributed by atoms with Crippen LogP contribution in [0.1, 0.15) is 65.2 Å². The van der Waals surface area contributed by atoms with Gasteiger partial charge >= 0.3 is 17.9 Å². The fourth-order valence-corrected chi connectivity index (χ4v) is 6.29. The minimum atomic E-state index is -1.36. The van der Waals surface area contributed by atoms with Crippen LogP contribution in [0.2, 0.25) is 0 Å². The summed E-state index contributed by atoms with van der Waals surface area (Å²) in [6.45, 7) is 8.40. The molecule has 0 N–H and O–H groups in total. The van der Waals surface area contributed by atoms with Crippen molar-refractivity contribution in [1.29, 1.82) is 0 Å². The third-order valence-corrected chi connectivity index (χ3v) is 8.28. The summed E-state index contributed by atoms with van der Waals surface area (Å²) < 4.78 is 16.3. The molecule has 0 saturated heterocycles. The SMILES string of the molecule is C=C1CC[C@H]2[C@](C)(COC(=O)CCC(=O)[O-])[C@H](OC(=O)CCC(=O)[O-])CC[C@@]2(C)[C@H]1/C=C/C1=CCOC1=O. The summed E-state index contributed by atoms with van der Waals surface area (Å²) in [4.78, 5) is 58.3. The van der Waals surface area contributed by atoms with Gasteiger partial charge in [-0.25, -0.2) is 4.79 Å². The van der Waals surface area contributed by atoms with E-state index in [9.17, 15) is 34.2 Å². The van der Waals surface area contributed by atoms with E-state index in [-0.39, 0.29) is 49.3 Å². The Kier molecular flexibility index (Phi) is 9.17. The minimum absolute atomic E-state index is 0.110. The molecule has 0 unspecified atom stereocenters. The highest BCUT2D eigenvalue weighted by Crippen LogP contribution is 2.62. The molecule has 2 aliphatic carbocycles. The van der Waals surface area contributed by atoms with E-state index < -0.39 is 48.2 Å². The number of hydrogen-bond donors (Lipinski definition) is 0. The Morgan fingerprint density at radius 1 is 1.08 bits per heavy atom. The number of carbonyl (C=O) groups excluding carboxylic acids is 5. The summed E-state index contributed by atoms with van der Waals surface area (Å²) in [7, 11) is 0. The number of ether oxygens (including phenoxy) is 3. The first kappa shape index (κ1) is 29.1. The van der Waals surface area contributed by atoms with Crippen LogP contribution >= 0.6 is 0 Å². The number of fused-ring (bicyclic) bond motifs is 1. The first-order valence-corrected chi connectivity index (χ1v) is 12.8. The normalized spacial score (nSPS) is 30.8. The second kappa shape index (κ2) is 12.0. The second-order valence-corrected chi connectivity index (χ2v) is 10.8. The molecule has 1 heterocycles. The fourth-order valence-electron chi connectivity index (χ4n) is 6.29. The highest BCUT2D eigenvalue weighted by Gasteiger charge is 2.59. The van der Waals surface area contributed by atoms with E-state index in [1.807, 2.05) is 13.0 Å². The maximum absolute atomic E-state index is 12.5. The number of hydrogen-bond acceptors (Lipinski definition) is 10. The molecule has 0 amide bonds. The average Bonchev–Trinajstić information content (AvgIpc) is 3.26. The topological polar surface area (TPSA) is 159 Å². The van der Waals surface area contributed by atoms with E-state index in [1.165, 1.54) is 0 Å². The molecular formula is C28H34O10-2. The van der Waals surface area contributed by atoms with Crippen LogP contribution in [0.15, 0.2) is 36.0 Å². The number of carbonyl (C=O) groups is 5. The van der Waals surface area contributed by atoms with E-state index in [4.69, 9.17) is 14.2 Å². The quantitative estimate of drug-likeness (QED) is 0.214. The number of rotatable bonds is 11. The van der Waals surface area contributed by atoms with Crippen molar-refractivity contribution in [2.24, 2.45) is 22.7 Å². The number of allylic oxidation sites excluding steroid dienone is 2. The van der Waals surface area contributed by atoms with Crippen LogP contribution in [0, 0.1) is 22.7 Å². The largest absolute Gasteiger partial charge is 0.550 e. The van der Waals surface area contributed by atoms with Crippen molar-refractivity contribution >= 4 is 29.8 Å². The van der Waals surface area contributed by atoms with Crippen LogP contribution in [-0.2, 0) is 38.2 Å². The molecule has 0 radical (unpaired) electrons. The first-order valence-electron chi connectivity index (χ1n) is 12.8. The fraction of sp³-hybridized carbons (Fsp3) is 0.607. The standard InChI is InChI=1S/C28H36O10/c1-17-4-7-20-27(2,19(17)6-5-18-13-15-36-26(18)35)14-12-21(38-25(34)11-9-23(31)32)28(20,3)16-37-24(33)10-8-22(29)30/h5-6,13,19-21H,1,4,7-12,14-16H2,2-3H3,(H,29,30)(H,31,32)/p-2/b6-5+/t19-,20+,21+,27-,28-/m0/s1. The van der Waals surface area contributed by atoms with Gasteiger partial charge in [-0.1, -0.05) is 38.2 Å². The predicted octanol–water partition coefficient (Wildman–Crippen LogP) is 0.930. The molecule has 0 bridgehead atoms. The lowest BCUT2D eigenvalue weighted by Crippen LogP contribution is -2.58. The lowest BCUT2D eigenvalue weighted by molar-refractivity contribution is -0.307. The Hall–Kier alpha value is -3.43. The number of cyclic esters (lactones) is 1. The summed E-state index contributed by atoms with van der Waals surface area (Å²) in [5, 5.41) is 21.6. The van der Waals surface area contributed by atoms with Gasteiger partial charge in [-0.15, -0.1) is 0 Å². The van der Waals surface area contributed by atoms with Gasteiger partial charge in [0.25, 0.3) is 0 Å². The summed E-state index contributed by atoms with van der Waals surface area (Å²) in [5.41, 5.74) is 0.252. The minimum Gasteiger partial charge on any atom is -0.550 e. The van der Waals surface area contributed by atoms with Gasteiger partial charge in [0.15, 0.2) is 0 Å². The van der Waals surface area contributed by atoms with Crippen molar-refractivity contribution in [3.05, 3.63) is 36.0 Å². The zero-order chi connectivity index (χ0) is 28.1. The van der Waals surface area contributed by atoms with Crippen LogP contribution in [0.4, 0.5) is 0 Å². The van der Waals surface area contributed by atoms with E-state index in [2.05, 4.69) is 13.5 Å². The molecule has 10 heteroatoms. The molecule has 3 rings (SSSR count). The van der Waals surface area contributed by atoms with Crippen LogP contribution in [-0.4, -0.2) is 49.2 Å². The van der Waals surface area contributed by atoms with Crippen molar-refractivity contribution < 1.29 is 48.4 Å². The Balaban J connectivity index is 1.88. The Morgan fingerprint density at radius 2 is 1.74 bits per heavy atom. The van der Waals surface area contributed by atoms with Crippen molar-refractivity contribution in [3.63, 3.8) is 0 Å². The average molecular weight is 531 g/mol. The molecule has 208 valence electrons. The number of carboxylic acids is 2. The third-order valence-electron chi connectivity index (χ3n) is 8.28. The van der Waals surface area contributed by atoms with Crippen LogP contribution in [0.3, 0.4) is 0 Å². The predicted molar refractivity (Wildman–Crippen MR) is 128 cm³/mol. The Morgan fingerprint density at radius 3 is 2.34 bits per heavy atom. The molecule has 0 aromatic rings. The van der Waals surface area contributed by atoms with Crippen LogP contribution in [0.5, 0.6) is 0 Å². The monoisotopic (exact) mass is 530 g/mol. The van der Waals surface area contributed by atoms with Gasteiger partial charge < -0.3 is 34.0 Å². The maximum atomic E-state index is 12.5. The molecule has 38 heavy (non-hydrogen) atoms. The van der Waals surface area contributed by atoms with Gasteiger partial charge in [-0.3, -0.25) is 9.59 Å². The van der Waals surface area contributed by atoms with Crippen LogP contribution < -0.4 is 10.2 Å². The first-order chi connectivity index (χ1) is 17.9. The van der Waals surface area contributed by atoms with Gasteiger partial charge in [-0.2, -0.15) is 0 Å². The summed E-state index contributed by atoms with van der Waals surface area (Å²) >= 11 is 0. The van der Waals surface area contributed by atoms with Gasteiger partial charge in [0.05, 0.1) is 18.4 Å². The zero-order valence-corrected chi connectivity index (χ0v) is 21.8. The van der Waals surface area contributed by atoms with E-state index in [0.29, 0.717) is 31.3 Å². The molecule has 2 saturated carbocycles. The Labute approximate surface area is 221 Å². The molecule has 5 atom stereocenters. The number of carboxylic acid groups (broad SMARTS) is 2. The van der Waals surface area contributed by atoms with E-state index >= 15 is 0 Å². The molecule has 0 spiro atoms. The summed E-state index contributed by atoms with van der Waals surface area (Å²) in [6, 6.07) is 0. The van der Waals surface area contributed by atoms with Crippen molar-refractivity contribution in [1.82, 2.24) is 0 Å². The number of esters is 3. The maximum Gasteiger partial charge on any atom is 0.338 e. The smallest absolute Gasteiger partial charge is 0.338 e. The van der Waals surface area contributed by atoms with E-state index in [0.717, 1.165) is 5.57 Å². The third kappa shape index (κ3) is 6.52. The van der Waals surface area contributed by atoms with E-state index in [1.54, 1.807) is 12.2 Å². The van der Waals surface area contributed by atoms with Crippen molar-refractivity contribution in [2.75, 3.05) is 13.2 Å². The molecule has 3 aliphatic rings. The molecule has 0 aromatic carbocycles. The highest BCUT2D eigenvalue weighted by atomic mass is 16.6. The second-order valence-electron chi connectivity index (χ2n) is 10.8. The van der Waals surface area contributed by atoms with Gasteiger partial charge in [0.2, 0.25) is 0 Å².